The van der Waals surface area contributed by atoms with Crippen molar-refractivity contribution in [2.45, 2.75) is 6.54 Å². The summed E-state index contributed by atoms with van der Waals surface area (Å²) in [6.45, 7) is -0.369. The minimum absolute atomic E-state index is 0.131. The SMILES string of the molecule is COC(=O)c1ccc2c(c1)oc(=O)n2CC(=O)Nc1cccc([N+](=O)[O-])c1. The molecule has 1 aromatic heterocycles. The molecule has 3 rings (SSSR count). The van der Waals surface area contributed by atoms with Crippen LogP contribution in [-0.4, -0.2) is 28.5 Å². The van der Waals surface area contributed by atoms with Crippen molar-refractivity contribution >= 4 is 34.4 Å². The molecule has 10 nitrogen and oxygen atoms in total. The average Bonchev–Trinajstić information content (AvgIpc) is 2.95. The lowest BCUT2D eigenvalue weighted by molar-refractivity contribution is -0.384. The summed E-state index contributed by atoms with van der Waals surface area (Å²) < 4.78 is 10.8. The molecule has 0 radical (unpaired) electrons. The van der Waals surface area contributed by atoms with Gasteiger partial charge in [0.05, 0.1) is 23.1 Å². The molecular formula is C17H13N3O7. The van der Waals surface area contributed by atoms with Crippen LogP contribution in [0.4, 0.5) is 11.4 Å². The Labute approximate surface area is 151 Å². The van der Waals surface area contributed by atoms with E-state index in [4.69, 9.17) is 4.42 Å². The molecular weight excluding hydrogens is 358 g/mol. The van der Waals surface area contributed by atoms with Gasteiger partial charge in [-0.05, 0) is 24.3 Å². The van der Waals surface area contributed by atoms with Gasteiger partial charge in [0.15, 0.2) is 5.58 Å². The normalized spacial score (nSPS) is 10.6. The van der Waals surface area contributed by atoms with Crippen LogP contribution >= 0.6 is 0 Å². The van der Waals surface area contributed by atoms with Gasteiger partial charge in [0, 0.05) is 17.8 Å². The van der Waals surface area contributed by atoms with Crippen molar-refractivity contribution in [2.24, 2.45) is 0 Å². The zero-order valence-corrected chi connectivity index (χ0v) is 14.0. The first kappa shape index (κ1) is 17.9. The molecule has 0 bridgehead atoms. The molecule has 0 saturated heterocycles. The van der Waals surface area contributed by atoms with Crippen LogP contribution in [-0.2, 0) is 16.1 Å². The third-order valence-electron chi connectivity index (χ3n) is 3.73. The lowest BCUT2D eigenvalue weighted by atomic mass is 10.2. The van der Waals surface area contributed by atoms with E-state index in [2.05, 4.69) is 10.1 Å². The molecule has 0 aliphatic rings. The zero-order chi connectivity index (χ0) is 19.6. The van der Waals surface area contributed by atoms with Crippen molar-refractivity contribution in [2.75, 3.05) is 12.4 Å². The van der Waals surface area contributed by atoms with Crippen molar-refractivity contribution in [1.82, 2.24) is 4.57 Å². The van der Waals surface area contributed by atoms with Gasteiger partial charge in [-0.2, -0.15) is 0 Å². The number of carbonyl (C=O) groups excluding carboxylic acids is 2. The van der Waals surface area contributed by atoms with Gasteiger partial charge in [0.25, 0.3) is 5.69 Å². The van der Waals surface area contributed by atoms with Crippen LogP contribution in [0.25, 0.3) is 11.1 Å². The van der Waals surface area contributed by atoms with Crippen LogP contribution in [0.5, 0.6) is 0 Å². The third-order valence-corrected chi connectivity index (χ3v) is 3.73. The second kappa shape index (κ2) is 7.12. The topological polar surface area (TPSA) is 134 Å². The van der Waals surface area contributed by atoms with Gasteiger partial charge in [-0.3, -0.25) is 19.5 Å². The maximum atomic E-state index is 12.2. The monoisotopic (exact) mass is 371 g/mol. The van der Waals surface area contributed by atoms with Crippen LogP contribution in [0.3, 0.4) is 0 Å². The van der Waals surface area contributed by atoms with Gasteiger partial charge >= 0.3 is 11.7 Å². The van der Waals surface area contributed by atoms with Crippen LogP contribution in [0.1, 0.15) is 10.4 Å². The number of aromatic nitrogens is 1. The summed E-state index contributed by atoms with van der Waals surface area (Å²) in [7, 11) is 1.23. The first-order chi connectivity index (χ1) is 12.9. The van der Waals surface area contributed by atoms with Crippen LogP contribution in [0, 0.1) is 10.1 Å². The Morgan fingerprint density at radius 1 is 1.26 bits per heavy atom. The number of carbonyl (C=O) groups is 2. The molecule has 2 aromatic carbocycles. The van der Waals surface area contributed by atoms with Gasteiger partial charge in [-0.1, -0.05) is 6.07 Å². The smallest absolute Gasteiger partial charge is 0.420 e. The number of fused-ring (bicyclic) bond motifs is 1. The number of esters is 1. The number of methoxy groups -OCH3 is 1. The summed E-state index contributed by atoms with van der Waals surface area (Å²) >= 11 is 0. The van der Waals surface area contributed by atoms with Crippen molar-refractivity contribution in [3.8, 4) is 0 Å². The van der Waals surface area contributed by atoms with Crippen molar-refractivity contribution in [3.05, 3.63) is 68.7 Å². The molecule has 1 N–H and O–H groups in total. The number of benzene rings is 2. The molecule has 0 aliphatic heterocycles. The first-order valence-corrected chi connectivity index (χ1v) is 7.65. The number of amides is 1. The van der Waals surface area contributed by atoms with E-state index >= 15 is 0 Å². The summed E-state index contributed by atoms with van der Waals surface area (Å²) in [6, 6.07) is 9.67. The number of non-ortho nitro benzene ring substituents is 1. The number of nitro benzene ring substituents is 1. The predicted octanol–water partition coefficient (Wildman–Crippen LogP) is 1.93. The second-order valence-electron chi connectivity index (χ2n) is 5.48. The maximum Gasteiger partial charge on any atom is 0.420 e. The Hall–Kier alpha value is -3.95. The molecule has 138 valence electrons. The molecule has 0 fully saturated rings. The molecule has 1 heterocycles. The highest BCUT2D eigenvalue weighted by molar-refractivity contribution is 5.94. The third kappa shape index (κ3) is 3.68. The highest BCUT2D eigenvalue weighted by Crippen LogP contribution is 2.18. The molecule has 0 unspecified atom stereocenters. The van der Waals surface area contributed by atoms with Gasteiger partial charge in [0.2, 0.25) is 5.91 Å². The molecule has 0 aliphatic carbocycles. The predicted molar refractivity (Wildman–Crippen MR) is 93.5 cm³/mol. The summed E-state index contributed by atoms with van der Waals surface area (Å²) in [5.41, 5.74) is 0.705. The number of nitrogens with zero attached hydrogens (tertiary/aromatic N) is 2. The van der Waals surface area contributed by atoms with E-state index in [1.165, 1.54) is 49.6 Å². The van der Waals surface area contributed by atoms with Crippen LogP contribution < -0.4 is 11.1 Å². The molecule has 27 heavy (non-hydrogen) atoms. The molecule has 10 heteroatoms. The Balaban J connectivity index is 1.84. The van der Waals surface area contributed by atoms with Gasteiger partial charge < -0.3 is 14.5 Å². The quantitative estimate of drug-likeness (QED) is 0.411. The number of nitro groups is 1. The average molecular weight is 371 g/mol. The summed E-state index contributed by atoms with van der Waals surface area (Å²) in [5.74, 6) is -1.94. The molecule has 0 saturated carbocycles. The summed E-state index contributed by atoms with van der Waals surface area (Å²) in [4.78, 5) is 46.0. The lowest BCUT2D eigenvalue weighted by Gasteiger charge is -2.06. The van der Waals surface area contributed by atoms with Crippen molar-refractivity contribution in [3.63, 3.8) is 0 Å². The molecule has 3 aromatic rings. The Bertz CT molecular complexity index is 1110. The van der Waals surface area contributed by atoms with E-state index < -0.39 is 22.6 Å². The Morgan fingerprint density at radius 2 is 2.04 bits per heavy atom. The van der Waals surface area contributed by atoms with Gasteiger partial charge in [-0.25, -0.2) is 9.59 Å². The van der Waals surface area contributed by atoms with E-state index in [1.807, 2.05) is 0 Å². The number of ether oxygens (including phenoxy) is 1. The van der Waals surface area contributed by atoms with Gasteiger partial charge in [-0.15, -0.1) is 0 Å². The van der Waals surface area contributed by atoms with E-state index in [9.17, 15) is 24.5 Å². The largest absolute Gasteiger partial charge is 0.465 e. The zero-order valence-electron chi connectivity index (χ0n) is 14.0. The number of nitrogens with one attached hydrogen (secondary N) is 1. The minimum Gasteiger partial charge on any atom is -0.465 e. The Morgan fingerprint density at radius 3 is 2.74 bits per heavy atom. The van der Waals surface area contributed by atoms with Crippen LogP contribution in [0.2, 0.25) is 0 Å². The molecule has 0 spiro atoms. The number of rotatable bonds is 5. The number of anilines is 1. The number of hydrogen-bond acceptors (Lipinski definition) is 7. The van der Waals surface area contributed by atoms with Crippen LogP contribution in [0.15, 0.2) is 51.7 Å². The van der Waals surface area contributed by atoms with E-state index in [-0.39, 0.29) is 29.1 Å². The van der Waals surface area contributed by atoms with Crippen molar-refractivity contribution in [1.29, 1.82) is 0 Å². The first-order valence-electron chi connectivity index (χ1n) is 7.65. The number of hydrogen-bond donors (Lipinski definition) is 1. The van der Waals surface area contributed by atoms with E-state index in [0.717, 1.165) is 4.57 Å². The fourth-order valence-electron chi connectivity index (χ4n) is 2.50. The fourth-order valence-corrected chi connectivity index (χ4v) is 2.50. The summed E-state index contributed by atoms with van der Waals surface area (Å²) in [5, 5.41) is 13.3. The van der Waals surface area contributed by atoms with Crippen molar-refractivity contribution < 1.29 is 23.7 Å². The highest BCUT2D eigenvalue weighted by atomic mass is 16.6. The maximum absolute atomic E-state index is 12.2. The fraction of sp³-hybridized carbons (Fsp3) is 0.118. The van der Waals surface area contributed by atoms with Gasteiger partial charge in [0.1, 0.15) is 6.54 Å². The van der Waals surface area contributed by atoms with E-state index in [1.54, 1.807) is 0 Å². The molecule has 0 atom stereocenters. The van der Waals surface area contributed by atoms with E-state index in [0.29, 0.717) is 5.52 Å². The molecule has 1 amide bonds. The highest BCUT2D eigenvalue weighted by Gasteiger charge is 2.16. The second-order valence-corrected chi connectivity index (χ2v) is 5.48. The summed E-state index contributed by atoms with van der Waals surface area (Å²) in [6.07, 6.45) is 0. The lowest BCUT2D eigenvalue weighted by Crippen LogP contribution is -2.24. The minimum atomic E-state index is -0.777. The standard InChI is InChI=1S/C17H13N3O7/c1-26-16(22)10-5-6-13-14(7-10)27-17(23)19(13)9-15(21)18-11-3-2-4-12(8-11)20(24)25/h2-8H,9H2,1H3,(H,18,21). The Kier molecular flexibility index (Phi) is 4.71. The number of oxazole rings is 1.